The van der Waals surface area contributed by atoms with Crippen LogP contribution in [0.1, 0.15) is 27.2 Å². The van der Waals surface area contributed by atoms with E-state index in [-0.39, 0.29) is 17.4 Å². The summed E-state index contributed by atoms with van der Waals surface area (Å²) in [6, 6.07) is -0.106. The molecule has 0 aromatic carbocycles. The topological polar surface area (TPSA) is 67.1 Å². The first kappa shape index (κ1) is 11.4. The molecule has 1 amide bonds. The molecule has 0 heterocycles. The first-order chi connectivity index (χ1) is 5.38. The van der Waals surface area contributed by atoms with Gasteiger partial charge in [-0.25, -0.2) is 5.43 Å². The molecule has 4 nitrogen and oxygen atoms in total. The van der Waals surface area contributed by atoms with E-state index >= 15 is 0 Å². The molecule has 1 unspecified atom stereocenters. The van der Waals surface area contributed by atoms with Gasteiger partial charge in [0.15, 0.2) is 0 Å². The largest absolute Gasteiger partial charge is 0.327 e. The molecular weight excluding hydrogens is 154 g/mol. The van der Waals surface area contributed by atoms with E-state index in [0.29, 0.717) is 6.42 Å². The SMILES string of the molecule is CNNC(=O)CC(N)C(C)(C)C. The van der Waals surface area contributed by atoms with Gasteiger partial charge in [0.25, 0.3) is 0 Å². The van der Waals surface area contributed by atoms with Crippen LogP contribution in [-0.2, 0) is 4.79 Å². The smallest absolute Gasteiger partial charge is 0.235 e. The van der Waals surface area contributed by atoms with Crippen LogP contribution in [-0.4, -0.2) is 19.0 Å². The third-order valence-corrected chi connectivity index (χ3v) is 1.78. The Balaban J connectivity index is 3.84. The maximum absolute atomic E-state index is 11.0. The molecule has 0 saturated heterocycles. The Morgan fingerprint density at radius 2 is 2.00 bits per heavy atom. The summed E-state index contributed by atoms with van der Waals surface area (Å²) in [4.78, 5) is 11.0. The molecule has 0 bridgehead atoms. The maximum atomic E-state index is 11.0. The van der Waals surface area contributed by atoms with Gasteiger partial charge in [-0.3, -0.25) is 10.2 Å². The lowest BCUT2D eigenvalue weighted by Crippen LogP contribution is -2.43. The van der Waals surface area contributed by atoms with E-state index in [9.17, 15) is 4.79 Å². The third kappa shape index (κ3) is 4.31. The van der Waals surface area contributed by atoms with Crippen molar-refractivity contribution in [3.8, 4) is 0 Å². The molecule has 0 aliphatic heterocycles. The number of hydrogen-bond donors (Lipinski definition) is 3. The monoisotopic (exact) mass is 173 g/mol. The van der Waals surface area contributed by atoms with Crippen molar-refractivity contribution < 1.29 is 4.79 Å². The summed E-state index contributed by atoms with van der Waals surface area (Å²) in [5, 5.41) is 0. The van der Waals surface area contributed by atoms with Crippen molar-refractivity contribution in [2.75, 3.05) is 7.05 Å². The maximum Gasteiger partial charge on any atom is 0.235 e. The number of amides is 1. The minimum Gasteiger partial charge on any atom is -0.327 e. The first-order valence-electron chi connectivity index (χ1n) is 4.09. The lowest BCUT2D eigenvalue weighted by atomic mass is 9.85. The molecular formula is C8H19N3O. The van der Waals surface area contributed by atoms with E-state index in [1.165, 1.54) is 0 Å². The predicted molar refractivity (Wildman–Crippen MR) is 49.2 cm³/mol. The molecule has 1 atom stereocenters. The molecule has 4 heteroatoms. The quantitative estimate of drug-likeness (QED) is 0.526. The number of rotatable bonds is 3. The van der Waals surface area contributed by atoms with Crippen LogP contribution in [0.4, 0.5) is 0 Å². The van der Waals surface area contributed by atoms with Gasteiger partial charge in [-0.1, -0.05) is 20.8 Å². The van der Waals surface area contributed by atoms with Crippen LogP contribution < -0.4 is 16.6 Å². The summed E-state index contributed by atoms with van der Waals surface area (Å²) < 4.78 is 0. The highest BCUT2D eigenvalue weighted by Crippen LogP contribution is 2.19. The number of nitrogens with two attached hydrogens (primary N) is 1. The first-order valence-corrected chi connectivity index (χ1v) is 4.09. The summed E-state index contributed by atoms with van der Waals surface area (Å²) in [6.07, 6.45) is 0.352. The van der Waals surface area contributed by atoms with E-state index in [4.69, 9.17) is 5.73 Å². The third-order valence-electron chi connectivity index (χ3n) is 1.78. The van der Waals surface area contributed by atoms with Crippen LogP contribution in [0.3, 0.4) is 0 Å². The molecule has 0 spiro atoms. The highest BCUT2D eigenvalue weighted by atomic mass is 16.2. The van der Waals surface area contributed by atoms with E-state index in [1.54, 1.807) is 7.05 Å². The Labute approximate surface area is 73.9 Å². The van der Waals surface area contributed by atoms with Crippen LogP contribution in [0, 0.1) is 5.41 Å². The summed E-state index contributed by atoms with van der Waals surface area (Å²) in [5.74, 6) is -0.0695. The zero-order valence-corrected chi connectivity index (χ0v) is 8.27. The summed E-state index contributed by atoms with van der Waals surface area (Å²) in [7, 11) is 1.65. The van der Waals surface area contributed by atoms with Gasteiger partial charge >= 0.3 is 0 Å². The van der Waals surface area contributed by atoms with Gasteiger partial charge in [-0.2, -0.15) is 0 Å². The normalized spacial score (nSPS) is 14.1. The number of carbonyl (C=O) groups is 1. The van der Waals surface area contributed by atoms with Crippen LogP contribution >= 0.6 is 0 Å². The molecule has 12 heavy (non-hydrogen) atoms. The fraction of sp³-hybridized carbons (Fsp3) is 0.875. The minimum atomic E-state index is -0.106. The molecule has 0 fully saturated rings. The lowest BCUT2D eigenvalue weighted by molar-refractivity contribution is -0.122. The molecule has 0 aliphatic rings. The molecule has 0 radical (unpaired) electrons. The van der Waals surface area contributed by atoms with E-state index in [1.807, 2.05) is 20.8 Å². The molecule has 0 aromatic rings. The number of nitrogens with one attached hydrogen (secondary N) is 2. The average Bonchev–Trinajstić information content (AvgIpc) is 1.85. The summed E-state index contributed by atoms with van der Waals surface area (Å²) in [5.41, 5.74) is 10.8. The second-order valence-corrected chi connectivity index (χ2v) is 3.97. The molecule has 0 rings (SSSR count). The van der Waals surface area contributed by atoms with Crippen LogP contribution in [0.25, 0.3) is 0 Å². The molecule has 72 valence electrons. The van der Waals surface area contributed by atoms with Crippen LogP contribution in [0.15, 0.2) is 0 Å². The highest BCUT2D eigenvalue weighted by molar-refractivity contribution is 5.76. The second kappa shape index (κ2) is 4.42. The van der Waals surface area contributed by atoms with E-state index < -0.39 is 0 Å². The number of hydrogen-bond acceptors (Lipinski definition) is 3. The van der Waals surface area contributed by atoms with E-state index in [0.717, 1.165) is 0 Å². The predicted octanol–water partition coefficient (Wildman–Crippen LogP) is 0.000500. The van der Waals surface area contributed by atoms with Gasteiger partial charge < -0.3 is 5.73 Å². The number of hydrazine groups is 1. The van der Waals surface area contributed by atoms with Crippen molar-refractivity contribution in [1.29, 1.82) is 0 Å². The van der Waals surface area contributed by atoms with Crippen molar-refractivity contribution in [3.05, 3.63) is 0 Å². The minimum absolute atomic E-state index is 0.0227. The Bertz CT molecular complexity index is 151. The Kier molecular flexibility index (Phi) is 4.20. The van der Waals surface area contributed by atoms with Gasteiger partial charge in [0.05, 0.1) is 0 Å². The van der Waals surface area contributed by atoms with Crippen molar-refractivity contribution in [1.82, 2.24) is 10.9 Å². The van der Waals surface area contributed by atoms with Crippen LogP contribution in [0.2, 0.25) is 0 Å². The van der Waals surface area contributed by atoms with Crippen LogP contribution in [0.5, 0.6) is 0 Å². The molecule has 4 N–H and O–H groups in total. The Hall–Kier alpha value is -0.610. The fourth-order valence-corrected chi connectivity index (χ4v) is 0.696. The standard InChI is InChI=1S/C8H19N3O/c1-8(2,3)6(9)5-7(12)11-10-4/h6,10H,5,9H2,1-4H3,(H,11,12). The molecule has 0 saturated carbocycles. The highest BCUT2D eigenvalue weighted by Gasteiger charge is 2.22. The van der Waals surface area contributed by atoms with Crippen molar-refractivity contribution >= 4 is 5.91 Å². The second-order valence-electron chi connectivity index (χ2n) is 3.97. The van der Waals surface area contributed by atoms with Gasteiger partial charge in [0, 0.05) is 19.5 Å². The van der Waals surface area contributed by atoms with Gasteiger partial charge in [0.1, 0.15) is 0 Å². The van der Waals surface area contributed by atoms with Gasteiger partial charge in [0.2, 0.25) is 5.91 Å². The Morgan fingerprint density at radius 3 is 2.33 bits per heavy atom. The van der Waals surface area contributed by atoms with Gasteiger partial charge in [-0.15, -0.1) is 0 Å². The van der Waals surface area contributed by atoms with Crippen molar-refractivity contribution in [3.63, 3.8) is 0 Å². The summed E-state index contributed by atoms with van der Waals surface area (Å²) in [6.45, 7) is 6.05. The van der Waals surface area contributed by atoms with Crippen molar-refractivity contribution in [2.45, 2.75) is 33.2 Å². The Morgan fingerprint density at radius 1 is 1.50 bits per heavy atom. The zero-order chi connectivity index (χ0) is 9.78. The summed E-state index contributed by atoms with van der Waals surface area (Å²) >= 11 is 0. The molecule has 0 aromatic heterocycles. The average molecular weight is 173 g/mol. The number of carbonyl (C=O) groups excluding carboxylic acids is 1. The molecule has 0 aliphatic carbocycles. The van der Waals surface area contributed by atoms with E-state index in [2.05, 4.69) is 10.9 Å². The fourth-order valence-electron chi connectivity index (χ4n) is 0.696. The lowest BCUT2D eigenvalue weighted by Gasteiger charge is -2.26. The van der Waals surface area contributed by atoms with Crippen molar-refractivity contribution in [2.24, 2.45) is 11.1 Å². The zero-order valence-electron chi connectivity index (χ0n) is 8.27. The van der Waals surface area contributed by atoms with Gasteiger partial charge in [-0.05, 0) is 5.41 Å².